The van der Waals surface area contributed by atoms with Gasteiger partial charge in [-0.2, -0.15) is 5.10 Å². The van der Waals surface area contributed by atoms with E-state index in [1.54, 1.807) is 0 Å². The summed E-state index contributed by atoms with van der Waals surface area (Å²) in [5, 5.41) is 6.91. The Morgan fingerprint density at radius 2 is 1.94 bits per heavy atom. The Balaban J connectivity index is 1.71. The van der Waals surface area contributed by atoms with Gasteiger partial charge >= 0.3 is 6.36 Å². The number of anilines is 2. The largest absolute Gasteiger partial charge is 0.573 e. The van der Waals surface area contributed by atoms with Gasteiger partial charge in [0.15, 0.2) is 5.84 Å². The highest BCUT2D eigenvalue weighted by Crippen LogP contribution is 2.38. The number of nitrogens with zero attached hydrogens (tertiary/aromatic N) is 3. The molecule has 6 N–H and O–H groups in total. The van der Waals surface area contributed by atoms with Crippen molar-refractivity contribution in [3.63, 3.8) is 0 Å². The van der Waals surface area contributed by atoms with E-state index < -0.39 is 6.36 Å². The minimum atomic E-state index is -4.73. The summed E-state index contributed by atoms with van der Waals surface area (Å²) in [5.41, 5.74) is 5.41. The average Bonchev–Trinajstić information content (AvgIpc) is 3.12. The molecule has 4 rings (SSSR count). The van der Waals surface area contributed by atoms with Gasteiger partial charge in [-0.05, 0) is 61.2 Å². The summed E-state index contributed by atoms with van der Waals surface area (Å²) in [6.07, 6.45) is -0.393. The second kappa shape index (κ2) is 9.18. The average molecular weight is 461 g/mol. The number of amidine groups is 1. The maximum absolute atomic E-state index is 12.5. The van der Waals surface area contributed by atoms with Crippen molar-refractivity contribution in [1.29, 1.82) is 0 Å². The molecule has 0 amide bonds. The van der Waals surface area contributed by atoms with Gasteiger partial charge in [0.05, 0.1) is 11.0 Å². The lowest BCUT2D eigenvalue weighted by Crippen LogP contribution is -2.32. The number of hydrazine groups is 1. The maximum Gasteiger partial charge on any atom is 0.573 e. The van der Waals surface area contributed by atoms with Crippen LogP contribution < -0.4 is 27.2 Å². The van der Waals surface area contributed by atoms with Gasteiger partial charge in [0.2, 0.25) is 5.95 Å². The van der Waals surface area contributed by atoms with Gasteiger partial charge < -0.3 is 25.9 Å². The number of nitrogens with two attached hydrogens (primary N) is 2. The highest BCUT2D eigenvalue weighted by Gasteiger charge is 2.31. The first kappa shape index (κ1) is 22.7. The van der Waals surface area contributed by atoms with Crippen molar-refractivity contribution in [3.05, 3.63) is 48.0 Å². The van der Waals surface area contributed by atoms with Gasteiger partial charge in [0.25, 0.3) is 0 Å². The molecular weight excluding hydrogens is 435 g/mol. The highest BCUT2D eigenvalue weighted by atomic mass is 19.4. The van der Waals surface area contributed by atoms with E-state index in [-0.39, 0.29) is 11.8 Å². The zero-order valence-electron chi connectivity index (χ0n) is 18.1. The van der Waals surface area contributed by atoms with Crippen molar-refractivity contribution in [1.82, 2.24) is 15.0 Å². The van der Waals surface area contributed by atoms with Crippen LogP contribution in [0.25, 0.3) is 11.0 Å². The van der Waals surface area contributed by atoms with Crippen LogP contribution in [-0.4, -0.2) is 21.7 Å². The third-order valence-electron chi connectivity index (χ3n) is 5.85. The molecule has 33 heavy (non-hydrogen) atoms. The molecule has 1 aromatic heterocycles. The molecule has 1 fully saturated rings. The van der Waals surface area contributed by atoms with Gasteiger partial charge in [0, 0.05) is 17.3 Å². The van der Waals surface area contributed by atoms with E-state index in [0.29, 0.717) is 29.0 Å². The van der Waals surface area contributed by atoms with E-state index in [1.165, 1.54) is 30.7 Å². The molecule has 11 heteroatoms. The number of hydrazone groups is 1. The maximum atomic E-state index is 12.5. The molecule has 0 aliphatic heterocycles. The predicted octanol–water partition coefficient (Wildman–Crippen LogP) is 4.51. The summed E-state index contributed by atoms with van der Waals surface area (Å²) in [4.78, 5) is 4.78. The fraction of sp³-hybridized carbons (Fsp3) is 0.364. The number of hydrogen-bond donors (Lipinski definition) is 4. The fourth-order valence-electron chi connectivity index (χ4n) is 4.40. The van der Waals surface area contributed by atoms with Crippen molar-refractivity contribution in [2.45, 2.75) is 45.0 Å². The first-order valence-electron chi connectivity index (χ1n) is 10.7. The Hall–Kier alpha value is -3.47. The molecule has 2 aromatic carbocycles. The van der Waals surface area contributed by atoms with Crippen LogP contribution in [0.15, 0.2) is 47.6 Å². The number of aromatic nitrogens is 2. The van der Waals surface area contributed by atoms with Crippen molar-refractivity contribution >= 4 is 28.5 Å². The molecule has 1 saturated carbocycles. The third kappa shape index (κ3) is 5.14. The molecule has 1 aliphatic carbocycles. The first-order valence-corrected chi connectivity index (χ1v) is 10.7. The Kier molecular flexibility index (Phi) is 6.32. The SMILES string of the molecule is CC1CCCC(n2c(Nc3ccc(OC(F)(F)F)cc3)nc3cc(/C(=N/N)NN)ccc32)C1. The van der Waals surface area contributed by atoms with Crippen molar-refractivity contribution in [2.24, 2.45) is 22.7 Å². The summed E-state index contributed by atoms with van der Waals surface area (Å²) in [5.74, 6) is 12.1. The molecule has 3 aromatic rings. The van der Waals surface area contributed by atoms with Gasteiger partial charge in [-0.3, -0.25) is 0 Å². The predicted molar refractivity (Wildman–Crippen MR) is 121 cm³/mol. The second-order valence-electron chi connectivity index (χ2n) is 8.25. The molecule has 1 aliphatic rings. The van der Waals surface area contributed by atoms with Crippen LogP contribution in [0.5, 0.6) is 5.75 Å². The number of benzene rings is 2. The molecule has 0 radical (unpaired) electrons. The monoisotopic (exact) mass is 461 g/mol. The molecule has 176 valence electrons. The van der Waals surface area contributed by atoms with Crippen molar-refractivity contribution in [3.8, 4) is 5.75 Å². The minimum Gasteiger partial charge on any atom is -0.406 e. The van der Waals surface area contributed by atoms with Crippen molar-refractivity contribution < 1.29 is 17.9 Å². The first-order chi connectivity index (χ1) is 15.8. The lowest BCUT2D eigenvalue weighted by Gasteiger charge is -2.29. The lowest BCUT2D eigenvalue weighted by molar-refractivity contribution is -0.274. The van der Waals surface area contributed by atoms with Gasteiger partial charge in [-0.15, -0.1) is 13.2 Å². The van der Waals surface area contributed by atoms with Crippen LogP contribution in [0.3, 0.4) is 0 Å². The van der Waals surface area contributed by atoms with Crippen LogP contribution in [0.1, 0.15) is 44.2 Å². The number of fused-ring (bicyclic) bond motifs is 1. The molecule has 0 saturated heterocycles. The van der Waals surface area contributed by atoms with Crippen LogP contribution in [0.4, 0.5) is 24.8 Å². The Labute approximate surface area is 188 Å². The highest BCUT2D eigenvalue weighted by molar-refractivity contribution is 6.01. The van der Waals surface area contributed by atoms with Crippen molar-refractivity contribution in [2.75, 3.05) is 5.32 Å². The molecule has 8 nitrogen and oxygen atoms in total. The standard InChI is InChI=1S/C22H26F3N7O/c1-13-3-2-4-16(11-13)32-19-10-5-14(20(30-26)31-27)12-18(19)29-21(32)28-15-6-8-17(9-7-15)33-22(23,24)25/h5-10,12-13,16H,2-4,11,26-27H2,1H3,(H,28,29)(H,30,31). The smallest absolute Gasteiger partial charge is 0.406 e. The van der Waals surface area contributed by atoms with Gasteiger partial charge in [-0.25, -0.2) is 10.8 Å². The normalized spacial score (nSPS) is 19.5. The third-order valence-corrected chi connectivity index (χ3v) is 5.85. The number of alkyl halides is 3. The fourth-order valence-corrected chi connectivity index (χ4v) is 4.40. The summed E-state index contributed by atoms with van der Waals surface area (Å²) < 4.78 is 43.5. The number of hydrogen-bond acceptors (Lipinski definition) is 6. The van der Waals surface area contributed by atoms with E-state index in [9.17, 15) is 13.2 Å². The van der Waals surface area contributed by atoms with E-state index in [4.69, 9.17) is 16.7 Å². The minimum absolute atomic E-state index is 0.246. The van der Waals surface area contributed by atoms with Crippen LogP contribution in [0, 0.1) is 5.92 Å². The van der Waals surface area contributed by atoms with E-state index in [1.807, 2.05) is 18.2 Å². The number of rotatable bonds is 5. The second-order valence-corrected chi connectivity index (χ2v) is 8.25. The number of halogens is 3. The van der Waals surface area contributed by atoms with E-state index in [0.717, 1.165) is 30.3 Å². The summed E-state index contributed by atoms with van der Waals surface area (Å²) in [7, 11) is 0. The quantitative estimate of drug-likeness (QED) is 0.192. The topological polar surface area (TPSA) is 116 Å². The van der Waals surface area contributed by atoms with Crippen LogP contribution in [-0.2, 0) is 0 Å². The van der Waals surface area contributed by atoms with Crippen LogP contribution in [0.2, 0.25) is 0 Å². The van der Waals surface area contributed by atoms with Gasteiger partial charge in [-0.1, -0.05) is 19.8 Å². The summed E-state index contributed by atoms with van der Waals surface area (Å²) in [6, 6.07) is 11.5. The molecule has 0 spiro atoms. The number of imidazole rings is 1. The Bertz CT molecular complexity index is 1140. The molecule has 2 unspecified atom stereocenters. The summed E-state index contributed by atoms with van der Waals surface area (Å²) >= 11 is 0. The zero-order chi connectivity index (χ0) is 23.6. The van der Waals surface area contributed by atoms with E-state index >= 15 is 0 Å². The molecule has 2 atom stereocenters. The Morgan fingerprint density at radius 3 is 2.58 bits per heavy atom. The zero-order valence-corrected chi connectivity index (χ0v) is 18.1. The lowest BCUT2D eigenvalue weighted by atomic mass is 9.87. The van der Waals surface area contributed by atoms with Crippen LogP contribution >= 0.6 is 0 Å². The number of ether oxygens (including phenoxy) is 1. The summed E-state index contributed by atoms with van der Waals surface area (Å²) in [6.45, 7) is 2.24. The Morgan fingerprint density at radius 1 is 1.18 bits per heavy atom. The van der Waals surface area contributed by atoms with Gasteiger partial charge in [0.1, 0.15) is 5.75 Å². The van der Waals surface area contributed by atoms with E-state index in [2.05, 4.69) is 32.1 Å². The molecular formula is C22H26F3N7O. The number of nitrogens with one attached hydrogen (secondary N) is 2. The molecule has 0 bridgehead atoms. The molecule has 1 heterocycles.